The van der Waals surface area contributed by atoms with Gasteiger partial charge >= 0.3 is 0 Å². The summed E-state index contributed by atoms with van der Waals surface area (Å²) in [4.78, 5) is 0. The summed E-state index contributed by atoms with van der Waals surface area (Å²) in [5.41, 5.74) is 6.16. The zero-order valence-corrected chi connectivity index (χ0v) is 9.79. The quantitative estimate of drug-likeness (QED) is 0.462. The van der Waals surface area contributed by atoms with Crippen molar-refractivity contribution in [3.8, 4) is 0 Å². The van der Waals surface area contributed by atoms with Gasteiger partial charge in [-0.15, -0.1) is 0 Å². The average molecular weight is 191 g/mol. The first-order valence-corrected chi connectivity index (χ1v) is 6.36. The van der Waals surface area contributed by atoms with E-state index in [2.05, 4.69) is 6.92 Å². The molecule has 74 valence electrons. The predicted octanol–water partition coefficient (Wildman–Crippen LogP) is 0.207. The zero-order valence-electron chi connectivity index (χ0n) is 8.38. The number of nitrogens with two attached hydrogens (primary N) is 1. The normalized spacial score (nSPS) is 14.8. The molecule has 0 saturated carbocycles. The Labute approximate surface area is 77.4 Å². The van der Waals surface area contributed by atoms with Gasteiger partial charge in [0.15, 0.2) is 0 Å². The number of hydrogen-bond donors (Lipinski definition) is 1. The molecule has 0 aliphatic carbocycles. The minimum absolute atomic E-state index is 0.0231. The standard InChI is InChI=1S/C8H21NO2Si/c1-4-7(9)12-8(10-5-2)11-6-3/h7-8H,4-6,9,12H2,1-3H3. The zero-order chi connectivity index (χ0) is 9.40. The van der Waals surface area contributed by atoms with Crippen molar-refractivity contribution in [1.29, 1.82) is 0 Å². The van der Waals surface area contributed by atoms with Crippen molar-refractivity contribution in [2.75, 3.05) is 13.2 Å². The minimum Gasteiger partial charge on any atom is -0.357 e. The van der Waals surface area contributed by atoms with Gasteiger partial charge in [0.2, 0.25) is 0 Å². The van der Waals surface area contributed by atoms with Gasteiger partial charge in [0.25, 0.3) is 0 Å². The van der Waals surface area contributed by atoms with E-state index in [1.807, 2.05) is 13.8 Å². The van der Waals surface area contributed by atoms with Crippen LogP contribution in [0.4, 0.5) is 0 Å². The Kier molecular flexibility index (Phi) is 7.79. The lowest BCUT2D eigenvalue weighted by Crippen LogP contribution is -2.38. The van der Waals surface area contributed by atoms with E-state index in [1.165, 1.54) is 0 Å². The first-order chi connectivity index (χ1) is 5.74. The molecule has 1 unspecified atom stereocenters. The largest absolute Gasteiger partial charge is 0.357 e. The molecule has 1 atom stereocenters. The maximum Gasteiger partial charge on any atom is 0.136 e. The van der Waals surface area contributed by atoms with Gasteiger partial charge < -0.3 is 15.2 Å². The van der Waals surface area contributed by atoms with Crippen LogP contribution in [-0.4, -0.2) is 34.3 Å². The van der Waals surface area contributed by atoms with Crippen LogP contribution in [0.1, 0.15) is 27.2 Å². The minimum atomic E-state index is -0.439. The molecular formula is C8H21NO2Si. The summed E-state index contributed by atoms with van der Waals surface area (Å²) >= 11 is 0. The third kappa shape index (κ3) is 5.71. The molecule has 0 aromatic rings. The highest BCUT2D eigenvalue weighted by molar-refractivity contribution is 6.38. The predicted molar refractivity (Wildman–Crippen MR) is 53.9 cm³/mol. The molecule has 0 bridgehead atoms. The molecule has 0 heterocycles. The second-order valence-corrected chi connectivity index (χ2v) is 4.93. The molecule has 12 heavy (non-hydrogen) atoms. The summed E-state index contributed by atoms with van der Waals surface area (Å²) in [6, 6.07) is 0. The van der Waals surface area contributed by atoms with Crippen LogP contribution in [0.2, 0.25) is 0 Å². The molecule has 4 heteroatoms. The second-order valence-electron chi connectivity index (χ2n) is 2.74. The highest BCUT2D eigenvalue weighted by Crippen LogP contribution is 1.96. The van der Waals surface area contributed by atoms with Crippen LogP contribution in [0, 0.1) is 0 Å². The molecule has 0 rings (SSSR count). The Morgan fingerprint density at radius 3 is 2.00 bits per heavy atom. The molecule has 0 amide bonds. The Morgan fingerprint density at radius 1 is 1.17 bits per heavy atom. The van der Waals surface area contributed by atoms with E-state index in [-0.39, 0.29) is 5.91 Å². The molecule has 2 N–H and O–H groups in total. The number of rotatable bonds is 7. The van der Waals surface area contributed by atoms with E-state index < -0.39 is 9.52 Å². The monoisotopic (exact) mass is 191 g/mol. The third-order valence-corrected chi connectivity index (χ3v) is 3.76. The Bertz CT molecular complexity index is 97.1. The molecule has 0 spiro atoms. The van der Waals surface area contributed by atoms with Crippen LogP contribution in [0.5, 0.6) is 0 Å². The molecule has 3 nitrogen and oxygen atoms in total. The molecule has 0 aliphatic rings. The Morgan fingerprint density at radius 2 is 1.67 bits per heavy atom. The highest BCUT2D eigenvalue weighted by Gasteiger charge is 2.12. The van der Waals surface area contributed by atoms with Gasteiger partial charge in [0, 0.05) is 13.2 Å². The Balaban J connectivity index is 3.61. The molecule has 0 fully saturated rings. The molecule has 0 aromatic heterocycles. The maximum atomic E-state index is 5.84. The van der Waals surface area contributed by atoms with Gasteiger partial charge in [-0.2, -0.15) is 0 Å². The van der Waals surface area contributed by atoms with Crippen LogP contribution in [0.3, 0.4) is 0 Å². The fourth-order valence-corrected chi connectivity index (χ4v) is 2.54. The van der Waals surface area contributed by atoms with Crippen molar-refractivity contribution >= 4 is 9.52 Å². The number of ether oxygens (including phenoxy) is 2. The molecular weight excluding hydrogens is 170 g/mol. The van der Waals surface area contributed by atoms with E-state index in [9.17, 15) is 0 Å². The van der Waals surface area contributed by atoms with E-state index in [4.69, 9.17) is 15.2 Å². The van der Waals surface area contributed by atoms with E-state index in [0.717, 1.165) is 6.42 Å². The van der Waals surface area contributed by atoms with Crippen molar-refractivity contribution < 1.29 is 9.47 Å². The van der Waals surface area contributed by atoms with Crippen LogP contribution in [0.25, 0.3) is 0 Å². The fourth-order valence-electron chi connectivity index (χ4n) is 0.970. The molecule has 0 aliphatic heterocycles. The van der Waals surface area contributed by atoms with Crippen molar-refractivity contribution in [3.63, 3.8) is 0 Å². The second kappa shape index (κ2) is 7.73. The summed E-state index contributed by atoms with van der Waals surface area (Å²) in [5.74, 6) is 0.0231. The summed E-state index contributed by atoms with van der Waals surface area (Å²) in [7, 11) is -0.439. The SMILES string of the molecule is CCOC(OCC)[SiH2]C(N)CC. The lowest BCUT2D eigenvalue weighted by molar-refractivity contribution is -0.0833. The van der Waals surface area contributed by atoms with Crippen molar-refractivity contribution in [3.05, 3.63) is 0 Å². The Hall–Kier alpha value is 0.0969. The van der Waals surface area contributed by atoms with Crippen LogP contribution in [-0.2, 0) is 9.47 Å². The molecule has 0 aromatic carbocycles. The van der Waals surface area contributed by atoms with Gasteiger partial charge in [0.1, 0.15) is 15.4 Å². The van der Waals surface area contributed by atoms with Crippen molar-refractivity contribution in [1.82, 2.24) is 0 Å². The maximum absolute atomic E-state index is 5.84. The van der Waals surface area contributed by atoms with Gasteiger partial charge in [-0.1, -0.05) is 6.92 Å². The first-order valence-electron chi connectivity index (χ1n) is 4.73. The first kappa shape index (κ1) is 12.1. The lowest BCUT2D eigenvalue weighted by atomic mass is 10.5. The van der Waals surface area contributed by atoms with Crippen LogP contribution < -0.4 is 5.73 Å². The van der Waals surface area contributed by atoms with Crippen molar-refractivity contribution in [2.24, 2.45) is 5.73 Å². The summed E-state index contributed by atoms with van der Waals surface area (Å²) in [6.07, 6.45) is 1.03. The van der Waals surface area contributed by atoms with Gasteiger partial charge in [-0.05, 0) is 25.9 Å². The molecule has 0 radical (unpaired) electrons. The van der Waals surface area contributed by atoms with Gasteiger partial charge in [-0.3, -0.25) is 0 Å². The van der Waals surface area contributed by atoms with Crippen LogP contribution in [0.15, 0.2) is 0 Å². The summed E-state index contributed by atoms with van der Waals surface area (Å²) in [6.45, 7) is 7.50. The van der Waals surface area contributed by atoms with Crippen LogP contribution >= 0.6 is 0 Å². The van der Waals surface area contributed by atoms with Gasteiger partial charge in [0.05, 0.1) is 0 Å². The van der Waals surface area contributed by atoms with E-state index in [1.54, 1.807) is 0 Å². The lowest BCUT2D eigenvalue weighted by Gasteiger charge is -2.19. The van der Waals surface area contributed by atoms with E-state index >= 15 is 0 Å². The highest BCUT2D eigenvalue weighted by atomic mass is 28.2. The average Bonchev–Trinajstić information content (AvgIpc) is 2.05. The smallest absolute Gasteiger partial charge is 0.136 e. The summed E-state index contributed by atoms with van der Waals surface area (Å²) < 4.78 is 10.8. The van der Waals surface area contributed by atoms with Gasteiger partial charge in [-0.25, -0.2) is 0 Å². The molecule has 0 saturated heterocycles. The van der Waals surface area contributed by atoms with E-state index in [0.29, 0.717) is 18.9 Å². The summed E-state index contributed by atoms with van der Waals surface area (Å²) in [5, 5.41) is 0. The topological polar surface area (TPSA) is 44.5 Å². The number of hydrogen-bond acceptors (Lipinski definition) is 3. The third-order valence-electron chi connectivity index (χ3n) is 1.72. The van der Waals surface area contributed by atoms with Crippen molar-refractivity contribution in [2.45, 2.75) is 38.8 Å². The fraction of sp³-hybridized carbons (Fsp3) is 1.00.